The Bertz CT molecular complexity index is 1730. The number of anilines is 2. The largest absolute Gasteiger partial charge is 0.496 e. The summed E-state index contributed by atoms with van der Waals surface area (Å²) in [5.74, 6) is -1.71. The number of halogens is 1. The van der Waals surface area contributed by atoms with Crippen LogP contribution in [0.25, 0.3) is 16.8 Å². The van der Waals surface area contributed by atoms with E-state index >= 15 is 0 Å². The zero-order valence-corrected chi connectivity index (χ0v) is 22.5. The van der Waals surface area contributed by atoms with Gasteiger partial charge < -0.3 is 9.64 Å². The van der Waals surface area contributed by atoms with Crippen molar-refractivity contribution in [1.29, 1.82) is 0 Å². The molecular weight excluding hydrogens is 556 g/mol. The van der Waals surface area contributed by atoms with Gasteiger partial charge in [0.25, 0.3) is 0 Å². The second kappa shape index (κ2) is 8.92. The minimum Gasteiger partial charge on any atom is -0.496 e. The van der Waals surface area contributed by atoms with E-state index in [1.165, 1.54) is 4.90 Å². The summed E-state index contributed by atoms with van der Waals surface area (Å²) in [6.45, 7) is 0. The van der Waals surface area contributed by atoms with Crippen molar-refractivity contribution in [3.63, 3.8) is 0 Å². The Balaban J connectivity index is 1.36. The first-order chi connectivity index (χ1) is 19.0. The lowest BCUT2D eigenvalue weighted by Crippen LogP contribution is -2.48. The quantitative estimate of drug-likeness (QED) is 0.223. The summed E-state index contributed by atoms with van der Waals surface area (Å²) in [4.78, 5) is 45.8. The third-order valence-corrected chi connectivity index (χ3v) is 8.73. The first kappa shape index (κ1) is 23.9. The third kappa shape index (κ3) is 3.49. The van der Waals surface area contributed by atoms with Crippen LogP contribution in [0.5, 0.6) is 5.75 Å². The monoisotopic (exact) mass is 578 g/mol. The summed E-state index contributed by atoms with van der Waals surface area (Å²) >= 11 is 3.49. The number of amides is 2. The highest BCUT2D eigenvalue weighted by molar-refractivity contribution is 9.10. The van der Waals surface area contributed by atoms with E-state index in [2.05, 4.69) is 15.9 Å². The molecule has 4 aromatic rings. The SMILES string of the molecule is COc1ccc(C(=O)[C@@H]2[C@@H]3C(=O)N(c4ccc5ccccc5c4)C(=O)[C@@H]3[C@@H]3C=Cc4ccccc4N23)cc1Br. The van der Waals surface area contributed by atoms with Gasteiger partial charge in [-0.15, -0.1) is 0 Å². The predicted octanol–water partition coefficient (Wildman–Crippen LogP) is 5.88. The minimum absolute atomic E-state index is 0.206. The van der Waals surface area contributed by atoms with Gasteiger partial charge >= 0.3 is 0 Å². The molecular formula is C32H23BrN2O4. The smallest absolute Gasteiger partial charge is 0.240 e. The average molecular weight is 579 g/mol. The van der Waals surface area contributed by atoms with Crippen molar-refractivity contribution in [2.24, 2.45) is 11.8 Å². The minimum atomic E-state index is -0.840. The van der Waals surface area contributed by atoms with Gasteiger partial charge in [-0.3, -0.25) is 14.4 Å². The molecule has 3 aliphatic heterocycles. The number of hydrogen-bond donors (Lipinski definition) is 0. The molecule has 2 saturated heterocycles. The van der Waals surface area contributed by atoms with Gasteiger partial charge in [-0.1, -0.05) is 60.7 Å². The molecule has 6 nitrogen and oxygen atoms in total. The molecule has 4 atom stereocenters. The second-order valence-corrected chi connectivity index (χ2v) is 10.9. The fraction of sp³-hybridized carbons (Fsp3) is 0.156. The molecule has 0 aliphatic carbocycles. The van der Waals surface area contributed by atoms with E-state index < -0.39 is 23.9 Å². The van der Waals surface area contributed by atoms with Gasteiger partial charge in [0.05, 0.1) is 35.1 Å². The molecule has 0 unspecified atom stereocenters. The molecule has 0 N–H and O–H groups in total. The molecule has 7 rings (SSSR count). The van der Waals surface area contributed by atoms with Crippen LogP contribution in [0.1, 0.15) is 15.9 Å². The molecule has 4 aromatic carbocycles. The summed E-state index contributed by atoms with van der Waals surface area (Å²) in [5, 5.41) is 1.97. The van der Waals surface area contributed by atoms with Crippen LogP contribution in [-0.2, 0) is 9.59 Å². The van der Waals surface area contributed by atoms with E-state index in [-0.39, 0.29) is 17.6 Å². The van der Waals surface area contributed by atoms with Crippen LogP contribution in [0, 0.1) is 11.8 Å². The Kier molecular flexibility index (Phi) is 5.45. The fourth-order valence-corrected chi connectivity index (χ4v) is 6.91. The highest BCUT2D eigenvalue weighted by Gasteiger charge is 2.64. The number of carbonyl (C=O) groups excluding carboxylic acids is 3. The predicted molar refractivity (Wildman–Crippen MR) is 154 cm³/mol. The highest BCUT2D eigenvalue weighted by Crippen LogP contribution is 2.50. The number of ether oxygens (including phenoxy) is 1. The Morgan fingerprint density at radius 1 is 0.846 bits per heavy atom. The number of carbonyl (C=O) groups is 3. The first-order valence-electron chi connectivity index (χ1n) is 12.8. The van der Waals surface area contributed by atoms with Crippen LogP contribution < -0.4 is 14.5 Å². The van der Waals surface area contributed by atoms with E-state index in [1.54, 1.807) is 31.4 Å². The third-order valence-electron chi connectivity index (χ3n) is 8.11. The van der Waals surface area contributed by atoms with Gasteiger partial charge in [0.15, 0.2) is 5.78 Å². The number of methoxy groups -OCH3 is 1. The molecule has 39 heavy (non-hydrogen) atoms. The number of hydrogen-bond acceptors (Lipinski definition) is 5. The zero-order chi connectivity index (χ0) is 26.8. The number of ketones is 1. The number of nitrogens with zero attached hydrogens (tertiary/aromatic N) is 2. The highest BCUT2D eigenvalue weighted by atomic mass is 79.9. The lowest BCUT2D eigenvalue weighted by atomic mass is 9.86. The molecule has 0 aromatic heterocycles. The molecule has 2 amide bonds. The van der Waals surface area contributed by atoms with Crippen molar-refractivity contribution in [2.75, 3.05) is 16.9 Å². The van der Waals surface area contributed by atoms with Crippen LogP contribution in [0.2, 0.25) is 0 Å². The number of para-hydroxylation sites is 1. The van der Waals surface area contributed by atoms with Gasteiger partial charge in [-0.2, -0.15) is 0 Å². The second-order valence-electron chi connectivity index (χ2n) is 10.1. The van der Waals surface area contributed by atoms with Crippen molar-refractivity contribution in [3.8, 4) is 5.75 Å². The molecule has 0 spiro atoms. The van der Waals surface area contributed by atoms with Crippen molar-refractivity contribution in [1.82, 2.24) is 0 Å². The number of Topliss-reactive ketones (excluding diaryl/α,β-unsaturated/α-hetero) is 1. The molecule has 192 valence electrons. The lowest BCUT2D eigenvalue weighted by molar-refractivity contribution is -0.122. The van der Waals surface area contributed by atoms with Crippen LogP contribution in [0.3, 0.4) is 0 Å². The van der Waals surface area contributed by atoms with E-state index in [9.17, 15) is 14.4 Å². The van der Waals surface area contributed by atoms with Crippen LogP contribution >= 0.6 is 15.9 Å². The van der Waals surface area contributed by atoms with E-state index in [4.69, 9.17) is 4.74 Å². The number of fused-ring (bicyclic) bond motifs is 6. The normalized spacial score (nSPS) is 23.1. The molecule has 3 heterocycles. The van der Waals surface area contributed by atoms with Gasteiger partial charge in [0, 0.05) is 11.3 Å². The van der Waals surface area contributed by atoms with Crippen molar-refractivity contribution < 1.29 is 19.1 Å². The van der Waals surface area contributed by atoms with Crippen molar-refractivity contribution in [2.45, 2.75) is 12.1 Å². The maximum absolute atomic E-state index is 14.3. The van der Waals surface area contributed by atoms with E-state index in [0.717, 1.165) is 22.0 Å². The Hall–Kier alpha value is -4.23. The van der Waals surface area contributed by atoms with Gasteiger partial charge in [-0.25, -0.2) is 4.90 Å². The zero-order valence-electron chi connectivity index (χ0n) is 21.0. The summed E-state index contributed by atoms with van der Waals surface area (Å²) in [5.41, 5.74) is 2.78. The van der Waals surface area contributed by atoms with E-state index in [0.29, 0.717) is 21.5 Å². The van der Waals surface area contributed by atoms with Gasteiger partial charge in [0.1, 0.15) is 11.8 Å². The maximum Gasteiger partial charge on any atom is 0.240 e. The van der Waals surface area contributed by atoms with Crippen LogP contribution in [0.4, 0.5) is 11.4 Å². The average Bonchev–Trinajstić information content (AvgIpc) is 3.44. The summed E-state index contributed by atoms with van der Waals surface area (Å²) < 4.78 is 5.99. The van der Waals surface area contributed by atoms with Gasteiger partial charge in [0.2, 0.25) is 11.8 Å². The molecule has 7 heteroatoms. The number of rotatable bonds is 4. The lowest BCUT2D eigenvalue weighted by Gasteiger charge is -2.36. The Morgan fingerprint density at radius 3 is 2.38 bits per heavy atom. The number of benzene rings is 4. The summed E-state index contributed by atoms with van der Waals surface area (Å²) in [7, 11) is 1.56. The Labute approximate surface area is 233 Å². The first-order valence-corrected chi connectivity index (χ1v) is 13.6. The van der Waals surface area contributed by atoms with Crippen molar-refractivity contribution >= 4 is 61.8 Å². The topological polar surface area (TPSA) is 66.9 Å². The Morgan fingerprint density at radius 2 is 1.59 bits per heavy atom. The molecule has 0 radical (unpaired) electrons. The number of imide groups is 1. The van der Waals surface area contributed by atoms with Gasteiger partial charge in [-0.05, 0) is 68.7 Å². The molecule has 2 fully saturated rings. The van der Waals surface area contributed by atoms with Crippen LogP contribution in [-0.4, -0.2) is 36.8 Å². The standard InChI is InChI=1S/C32H23BrN2O4/c1-39-26-15-12-21(17-23(26)33)30(36)29-28-27(25-14-11-19-7-4-5-9-24(19)35(25)29)31(37)34(32(28)38)22-13-10-18-6-2-3-8-20(18)16-22/h2-17,25,27-29H,1H3/t25-,27+,28+,29-/m0/s1. The molecule has 0 saturated carbocycles. The molecule has 3 aliphatic rings. The summed E-state index contributed by atoms with van der Waals surface area (Å²) in [6, 6.07) is 25.1. The summed E-state index contributed by atoms with van der Waals surface area (Å²) in [6.07, 6.45) is 3.95. The van der Waals surface area contributed by atoms with Crippen molar-refractivity contribution in [3.05, 3.63) is 107 Å². The van der Waals surface area contributed by atoms with Crippen LogP contribution in [0.15, 0.2) is 95.5 Å². The fourth-order valence-electron chi connectivity index (χ4n) is 6.37. The maximum atomic E-state index is 14.3. The van der Waals surface area contributed by atoms with E-state index in [1.807, 2.05) is 77.7 Å². The molecule has 0 bridgehead atoms.